The van der Waals surface area contributed by atoms with E-state index in [1.807, 2.05) is 6.92 Å². The van der Waals surface area contributed by atoms with Crippen molar-refractivity contribution in [2.75, 3.05) is 19.8 Å². The van der Waals surface area contributed by atoms with Gasteiger partial charge in [-0.25, -0.2) is 14.6 Å². The second kappa shape index (κ2) is 6.03. The highest BCUT2D eigenvalue weighted by Gasteiger charge is 2.70. The topological polar surface area (TPSA) is 81.8 Å². The van der Waals surface area contributed by atoms with E-state index >= 15 is 0 Å². The molecule has 0 bridgehead atoms. The van der Waals surface area contributed by atoms with E-state index in [1.165, 1.54) is 4.90 Å². The van der Waals surface area contributed by atoms with Crippen LogP contribution in [0.1, 0.15) is 33.1 Å². The Hall–Kier alpha value is -2.19. The molecule has 0 spiro atoms. The Balaban J connectivity index is 2.14. The van der Waals surface area contributed by atoms with Crippen molar-refractivity contribution in [3.8, 4) is 0 Å². The summed E-state index contributed by atoms with van der Waals surface area (Å²) in [6.45, 7) is 8.39. The number of aliphatic imine (C=N–C) groups is 1. The van der Waals surface area contributed by atoms with Gasteiger partial charge in [0.05, 0.1) is 0 Å². The molecule has 3 aliphatic rings. The molecule has 0 fully saturated rings. The highest BCUT2D eigenvalue weighted by atomic mass is 16.4. The number of nitrogens with zero attached hydrogens (tertiary/aromatic N) is 4. The molecule has 8 heteroatoms. The quantitative estimate of drug-likeness (QED) is 0.459. The molecule has 128 valence electrons. The van der Waals surface area contributed by atoms with Crippen LogP contribution in [0.2, 0.25) is 0 Å². The van der Waals surface area contributed by atoms with Crippen molar-refractivity contribution in [3.63, 3.8) is 0 Å². The van der Waals surface area contributed by atoms with Crippen molar-refractivity contribution in [2.24, 2.45) is 4.99 Å². The number of hydrogen-bond donors (Lipinski definition) is 1. The molecule has 0 aromatic heterocycles. The van der Waals surface area contributed by atoms with Crippen LogP contribution < -0.4 is 5.32 Å². The van der Waals surface area contributed by atoms with E-state index in [-0.39, 0.29) is 24.3 Å². The van der Waals surface area contributed by atoms with E-state index in [0.29, 0.717) is 48.6 Å². The van der Waals surface area contributed by atoms with Crippen LogP contribution in [0.5, 0.6) is 0 Å². The third-order valence-corrected chi connectivity index (χ3v) is 4.68. The van der Waals surface area contributed by atoms with Gasteiger partial charge in [0.2, 0.25) is 0 Å². The highest BCUT2D eigenvalue weighted by Crippen LogP contribution is 2.38. The molecular weight excluding hydrogens is 310 g/mol. The molecular formula is C16H23N5O3+2. The lowest BCUT2D eigenvalue weighted by Gasteiger charge is -2.21. The number of hydrogen-bond acceptors (Lipinski definition) is 5. The number of rotatable bonds is 5. The van der Waals surface area contributed by atoms with Gasteiger partial charge >= 0.3 is 17.6 Å². The molecule has 24 heavy (non-hydrogen) atoms. The molecule has 0 radical (unpaired) electrons. The first-order valence-corrected chi connectivity index (χ1v) is 8.36. The molecule has 3 aliphatic heterocycles. The predicted octanol–water partition coefficient (Wildman–Crippen LogP) is 0.815. The Labute approximate surface area is 140 Å². The van der Waals surface area contributed by atoms with E-state index in [1.54, 1.807) is 13.0 Å². The summed E-state index contributed by atoms with van der Waals surface area (Å²) >= 11 is 0. The SMILES string of the molecule is C=CCC1N=C2C3=C(N(C(=O)CC)CNC3)[N+](=O)[N+]2(CCC)C1=O. The summed E-state index contributed by atoms with van der Waals surface area (Å²) in [6.07, 6.45) is 3.00. The van der Waals surface area contributed by atoms with Crippen molar-refractivity contribution in [1.29, 1.82) is 0 Å². The second-order valence-electron chi connectivity index (χ2n) is 6.16. The van der Waals surface area contributed by atoms with Gasteiger partial charge in [0.25, 0.3) is 5.84 Å². The summed E-state index contributed by atoms with van der Waals surface area (Å²) < 4.78 is -0.450. The van der Waals surface area contributed by atoms with Crippen LogP contribution in [-0.2, 0) is 9.59 Å². The Kier molecular flexibility index (Phi) is 4.18. The Morgan fingerprint density at radius 1 is 1.54 bits per heavy atom. The molecule has 3 heterocycles. The first-order valence-electron chi connectivity index (χ1n) is 8.36. The molecule has 0 saturated heterocycles. The number of nitrogens with one attached hydrogen (secondary N) is 1. The fraction of sp³-hybridized carbons (Fsp3) is 0.562. The standard InChI is InChI=1S/C16H23N5O3/c1-4-7-12-16(23)21(8-5-2)14(18-12)11-9-17-10-19(13(22)6-3)15(11)20(21)24/h4,12,17H,1,5-10H2,2-3H3/q+2. The molecule has 0 aliphatic carbocycles. The lowest BCUT2D eigenvalue weighted by molar-refractivity contribution is -1.22. The van der Waals surface area contributed by atoms with Gasteiger partial charge in [-0.1, -0.05) is 19.9 Å². The first-order chi connectivity index (χ1) is 11.5. The summed E-state index contributed by atoms with van der Waals surface area (Å²) in [7, 11) is 0. The summed E-state index contributed by atoms with van der Waals surface area (Å²) in [4.78, 5) is 45.1. The van der Waals surface area contributed by atoms with Crippen LogP contribution in [0.15, 0.2) is 29.0 Å². The zero-order valence-electron chi connectivity index (χ0n) is 14.1. The average Bonchev–Trinajstić information content (AvgIpc) is 2.99. The molecule has 1 N–H and O–H groups in total. The molecule has 0 saturated carbocycles. The van der Waals surface area contributed by atoms with E-state index in [9.17, 15) is 14.5 Å². The summed E-state index contributed by atoms with van der Waals surface area (Å²) in [6, 6.07) is -0.577. The van der Waals surface area contributed by atoms with E-state index in [4.69, 9.17) is 0 Å². The van der Waals surface area contributed by atoms with Crippen LogP contribution >= 0.6 is 0 Å². The van der Waals surface area contributed by atoms with E-state index in [0.717, 1.165) is 0 Å². The number of carbonyl (C=O) groups is 2. The molecule has 2 unspecified atom stereocenters. The molecule has 3 rings (SSSR count). The number of fused-ring (bicyclic) bond motifs is 2. The fourth-order valence-electron chi connectivity index (χ4n) is 3.63. The Bertz CT molecular complexity index is 696. The van der Waals surface area contributed by atoms with Gasteiger partial charge in [0.1, 0.15) is 13.2 Å². The largest absolute Gasteiger partial charge is 0.398 e. The van der Waals surface area contributed by atoms with Crippen LogP contribution in [0, 0.1) is 4.91 Å². The highest BCUT2D eigenvalue weighted by molar-refractivity contribution is 6.06. The lowest BCUT2D eigenvalue weighted by Crippen LogP contribution is -2.59. The molecule has 0 aromatic rings. The van der Waals surface area contributed by atoms with Gasteiger partial charge in [0.15, 0.2) is 16.5 Å². The van der Waals surface area contributed by atoms with Crippen LogP contribution in [0.3, 0.4) is 0 Å². The zero-order valence-corrected chi connectivity index (χ0v) is 14.1. The van der Waals surface area contributed by atoms with Crippen LogP contribution in [0.4, 0.5) is 0 Å². The number of quaternary nitrogens is 1. The van der Waals surface area contributed by atoms with Gasteiger partial charge in [0, 0.05) is 19.4 Å². The Morgan fingerprint density at radius 3 is 2.92 bits per heavy atom. The molecule has 0 aromatic carbocycles. The molecule has 2 amide bonds. The second-order valence-corrected chi connectivity index (χ2v) is 6.16. The summed E-state index contributed by atoms with van der Waals surface area (Å²) in [5.41, 5.74) is 0.659. The third kappa shape index (κ3) is 2.03. The van der Waals surface area contributed by atoms with Crippen molar-refractivity contribution < 1.29 is 19.1 Å². The number of carbonyl (C=O) groups excluding carboxylic acids is 2. The van der Waals surface area contributed by atoms with Crippen LogP contribution in [0.25, 0.3) is 0 Å². The third-order valence-electron chi connectivity index (χ3n) is 4.68. The number of nitroso groups, excluding NO2 is 1. The van der Waals surface area contributed by atoms with Crippen molar-refractivity contribution in [1.82, 2.24) is 10.2 Å². The minimum atomic E-state index is -0.577. The fourth-order valence-corrected chi connectivity index (χ4v) is 3.63. The smallest absolute Gasteiger partial charge is 0.276 e. The molecule has 2 atom stereocenters. The summed E-state index contributed by atoms with van der Waals surface area (Å²) in [5, 5.41) is 3.14. The van der Waals surface area contributed by atoms with Gasteiger partial charge < -0.3 is 0 Å². The minimum Gasteiger partial charge on any atom is -0.276 e. The Morgan fingerprint density at radius 2 is 2.29 bits per heavy atom. The van der Waals surface area contributed by atoms with Gasteiger partial charge in [-0.05, 0) is 15.9 Å². The van der Waals surface area contributed by atoms with Gasteiger partial charge in [-0.15, -0.1) is 6.58 Å². The van der Waals surface area contributed by atoms with Crippen molar-refractivity contribution in [3.05, 3.63) is 29.0 Å². The van der Waals surface area contributed by atoms with Crippen LogP contribution in [-0.4, -0.2) is 57.8 Å². The number of amidine groups is 1. The lowest BCUT2D eigenvalue weighted by atomic mass is 10.2. The van der Waals surface area contributed by atoms with E-state index < -0.39 is 10.6 Å². The first kappa shape index (κ1) is 16.7. The molecule has 8 nitrogen and oxygen atoms in total. The monoisotopic (exact) mass is 333 g/mol. The maximum atomic E-state index is 13.2. The van der Waals surface area contributed by atoms with Gasteiger partial charge in [-0.2, -0.15) is 4.90 Å². The average molecular weight is 333 g/mol. The normalized spacial score (nSPS) is 28.8. The predicted molar refractivity (Wildman–Crippen MR) is 87.1 cm³/mol. The maximum Gasteiger partial charge on any atom is 0.398 e. The van der Waals surface area contributed by atoms with Crippen molar-refractivity contribution >= 4 is 17.6 Å². The van der Waals surface area contributed by atoms with Gasteiger partial charge in [-0.3, -0.25) is 5.32 Å². The number of amides is 2. The van der Waals surface area contributed by atoms with Crippen molar-refractivity contribution in [2.45, 2.75) is 39.2 Å². The zero-order chi connectivity index (χ0) is 17.5. The summed E-state index contributed by atoms with van der Waals surface area (Å²) in [5.74, 6) is 0.375. The maximum absolute atomic E-state index is 13.2. The minimum absolute atomic E-state index is 0.151. The van der Waals surface area contributed by atoms with E-state index in [2.05, 4.69) is 16.9 Å².